The van der Waals surface area contributed by atoms with Crippen molar-refractivity contribution in [2.24, 2.45) is 0 Å². The van der Waals surface area contributed by atoms with Gasteiger partial charge in [-0.05, 0) is 24.1 Å². The third kappa shape index (κ3) is 5.12. The van der Waals surface area contributed by atoms with Gasteiger partial charge in [-0.15, -0.1) is 0 Å². The summed E-state index contributed by atoms with van der Waals surface area (Å²) in [7, 11) is 0. The van der Waals surface area contributed by atoms with Gasteiger partial charge in [0, 0.05) is 18.1 Å². The van der Waals surface area contributed by atoms with Gasteiger partial charge in [0.15, 0.2) is 11.5 Å². The summed E-state index contributed by atoms with van der Waals surface area (Å²) >= 11 is 0. The molecule has 1 unspecified atom stereocenters. The Hall–Kier alpha value is -3.61. The molecule has 2 heterocycles. The monoisotopic (exact) mass is 419 g/mol. The fraction of sp³-hybridized carbons (Fsp3) is 0.292. The van der Waals surface area contributed by atoms with Crippen LogP contribution in [0.1, 0.15) is 37.2 Å². The van der Waals surface area contributed by atoms with Crippen molar-refractivity contribution < 1.29 is 14.3 Å². The first-order chi connectivity index (χ1) is 15.1. The second-order valence-corrected chi connectivity index (χ2v) is 7.41. The zero-order valence-electron chi connectivity index (χ0n) is 17.4. The Morgan fingerprint density at radius 2 is 1.87 bits per heavy atom. The van der Waals surface area contributed by atoms with E-state index in [1.807, 2.05) is 55.5 Å². The van der Waals surface area contributed by atoms with Gasteiger partial charge in [-0.25, -0.2) is 4.98 Å². The van der Waals surface area contributed by atoms with Crippen molar-refractivity contribution in [1.29, 1.82) is 0 Å². The maximum absolute atomic E-state index is 12.7. The lowest BCUT2D eigenvalue weighted by Crippen LogP contribution is -2.30. The summed E-state index contributed by atoms with van der Waals surface area (Å²) < 4.78 is 11.4. The Bertz CT molecular complexity index is 1110. The Morgan fingerprint density at radius 1 is 1.10 bits per heavy atom. The number of ether oxygens (including phenoxy) is 2. The second-order valence-electron chi connectivity index (χ2n) is 7.41. The van der Waals surface area contributed by atoms with E-state index in [1.165, 1.54) is 6.07 Å². The van der Waals surface area contributed by atoms with Crippen molar-refractivity contribution in [3.63, 3.8) is 0 Å². The highest BCUT2D eigenvalue weighted by atomic mass is 16.5. The normalized spacial score (nSPS) is 13.8. The fourth-order valence-electron chi connectivity index (χ4n) is 3.56. The smallest absolute Gasteiger partial charge is 0.251 e. The first-order valence-electron chi connectivity index (χ1n) is 10.5. The van der Waals surface area contributed by atoms with Crippen molar-refractivity contribution in [2.75, 3.05) is 13.2 Å². The number of carbonyl (C=O) groups is 1. The summed E-state index contributed by atoms with van der Waals surface area (Å²) in [6.45, 7) is 3.24. The molecular formula is C24H25N3O4. The molecule has 0 bridgehead atoms. The maximum Gasteiger partial charge on any atom is 0.251 e. The minimum atomic E-state index is -0.286. The van der Waals surface area contributed by atoms with Crippen LogP contribution < -0.4 is 20.3 Å². The van der Waals surface area contributed by atoms with Crippen LogP contribution in [0.3, 0.4) is 0 Å². The number of hydrogen-bond acceptors (Lipinski definition) is 5. The molecule has 1 aromatic heterocycles. The molecule has 0 saturated carbocycles. The lowest BCUT2D eigenvalue weighted by molar-refractivity contribution is -0.121. The summed E-state index contributed by atoms with van der Waals surface area (Å²) in [5.41, 5.74) is 2.03. The number of rotatable bonds is 6. The molecule has 2 N–H and O–H groups in total. The number of fused-ring (bicyclic) bond motifs is 1. The highest BCUT2D eigenvalue weighted by molar-refractivity contribution is 5.78. The number of aromatic nitrogens is 2. The average molecular weight is 419 g/mol. The molecule has 1 aliphatic rings. The number of amides is 1. The van der Waals surface area contributed by atoms with E-state index in [2.05, 4.69) is 15.3 Å². The van der Waals surface area contributed by atoms with Crippen molar-refractivity contribution in [3.05, 3.63) is 76.3 Å². The standard InChI is InChI=1S/C24H25N3O4/c1-2-18(17-9-10-20-21(13-17)31-12-6-11-30-20)26-24(29)15-22-25-19(14-23(28)27-22)16-7-4-3-5-8-16/h3-5,7-10,13-14,18H,2,6,11-12,15H2,1H3,(H,26,29)(H,25,27,28). The molecule has 3 aromatic rings. The summed E-state index contributed by atoms with van der Waals surface area (Å²) in [5, 5.41) is 3.04. The van der Waals surface area contributed by atoms with E-state index in [0.717, 1.165) is 23.3 Å². The molecule has 0 spiro atoms. The number of benzene rings is 2. The lowest BCUT2D eigenvalue weighted by atomic mass is 10.0. The van der Waals surface area contributed by atoms with Crippen LogP contribution in [0, 0.1) is 0 Å². The van der Waals surface area contributed by atoms with Gasteiger partial charge < -0.3 is 19.8 Å². The molecule has 160 valence electrons. The SMILES string of the molecule is CCC(NC(=O)Cc1nc(-c2ccccc2)cc(=O)[nH]1)c1ccc2c(c1)OCCCO2. The molecule has 0 fully saturated rings. The first kappa shape index (κ1) is 20.7. The Labute approximate surface area is 180 Å². The number of aromatic amines is 1. The highest BCUT2D eigenvalue weighted by Crippen LogP contribution is 2.33. The van der Waals surface area contributed by atoms with Crippen LogP contribution in [0.2, 0.25) is 0 Å². The zero-order valence-corrected chi connectivity index (χ0v) is 17.4. The van der Waals surface area contributed by atoms with Crippen LogP contribution in [0.4, 0.5) is 0 Å². The average Bonchev–Trinajstić information content (AvgIpc) is 3.02. The van der Waals surface area contributed by atoms with Gasteiger partial charge in [-0.2, -0.15) is 0 Å². The Morgan fingerprint density at radius 3 is 2.65 bits per heavy atom. The van der Waals surface area contributed by atoms with Crippen LogP contribution in [-0.4, -0.2) is 29.1 Å². The van der Waals surface area contributed by atoms with E-state index in [0.29, 0.717) is 36.9 Å². The molecule has 0 radical (unpaired) electrons. The second kappa shape index (κ2) is 9.47. The number of hydrogen-bond donors (Lipinski definition) is 2. The van der Waals surface area contributed by atoms with Gasteiger partial charge in [-0.3, -0.25) is 9.59 Å². The van der Waals surface area contributed by atoms with Crippen LogP contribution in [0.5, 0.6) is 11.5 Å². The molecule has 4 rings (SSSR count). The van der Waals surface area contributed by atoms with Gasteiger partial charge in [0.25, 0.3) is 5.56 Å². The topological polar surface area (TPSA) is 93.3 Å². The number of nitrogens with one attached hydrogen (secondary N) is 2. The largest absolute Gasteiger partial charge is 0.490 e. The number of carbonyl (C=O) groups excluding carboxylic acids is 1. The first-order valence-corrected chi connectivity index (χ1v) is 10.5. The molecule has 7 nitrogen and oxygen atoms in total. The predicted octanol–water partition coefficient (Wildman–Crippen LogP) is 3.41. The van der Waals surface area contributed by atoms with E-state index >= 15 is 0 Å². The summed E-state index contributed by atoms with van der Waals surface area (Å²) in [5.74, 6) is 1.54. The number of nitrogens with zero attached hydrogens (tertiary/aromatic N) is 1. The van der Waals surface area contributed by atoms with Gasteiger partial charge in [0.1, 0.15) is 5.82 Å². The van der Waals surface area contributed by atoms with Crippen molar-refractivity contribution >= 4 is 5.91 Å². The van der Waals surface area contributed by atoms with E-state index in [4.69, 9.17) is 9.47 Å². The van der Waals surface area contributed by atoms with Crippen LogP contribution in [-0.2, 0) is 11.2 Å². The maximum atomic E-state index is 12.7. The molecule has 1 amide bonds. The molecule has 2 aromatic carbocycles. The summed E-state index contributed by atoms with van der Waals surface area (Å²) in [4.78, 5) is 31.9. The van der Waals surface area contributed by atoms with E-state index in [1.54, 1.807) is 0 Å². The molecule has 1 aliphatic heterocycles. The van der Waals surface area contributed by atoms with E-state index in [9.17, 15) is 9.59 Å². The minimum absolute atomic E-state index is 0.0169. The zero-order chi connectivity index (χ0) is 21.6. The fourth-order valence-corrected chi connectivity index (χ4v) is 3.56. The third-order valence-corrected chi connectivity index (χ3v) is 5.11. The molecule has 1 atom stereocenters. The van der Waals surface area contributed by atoms with E-state index < -0.39 is 0 Å². The van der Waals surface area contributed by atoms with Gasteiger partial charge in [0.2, 0.25) is 5.91 Å². The van der Waals surface area contributed by atoms with E-state index in [-0.39, 0.29) is 23.9 Å². The van der Waals surface area contributed by atoms with Crippen molar-refractivity contribution in [2.45, 2.75) is 32.2 Å². The molecule has 0 saturated heterocycles. The van der Waals surface area contributed by atoms with Gasteiger partial charge in [0.05, 0.1) is 31.4 Å². The van der Waals surface area contributed by atoms with Crippen molar-refractivity contribution in [1.82, 2.24) is 15.3 Å². The van der Waals surface area contributed by atoms with Crippen LogP contribution in [0.25, 0.3) is 11.3 Å². The molecule has 7 heteroatoms. The molecular weight excluding hydrogens is 394 g/mol. The lowest BCUT2D eigenvalue weighted by Gasteiger charge is -2.19. The van der Waals surface area contributed by atoms with Gasteiger partial charge in [-0.1, -0.05) is 43.3 Å². The van der Waals surface area contributed by atoms with Gasteiger partial charge >= 0.3 is 0 Å². The van der Waals surface area contributed by atoms with Crippen molar-refractivity contribution in [3.8, 4) is 22.8 Å². The summed E-state index contributed by atoms with van der Waals surface area (Å²) in [6, 6.07) is 16.4. The minimum Gasteiger partial charge on any atom is -0.490 e. The van der Waals surface area contributed by atoms with Crippen LogP contribution >= 0.6 is 0 Å². The highest BCUT2D eigenvalue weighted by Gasteiger charge is 2.18. The molecule has 31 heavy (non-hydrogen) atoms. The van der Waals surface area contributed by atoms with Crippen LogP contribution in [0.15, 0.2) is 59.4 Å². The third-order valence-electron chi connectivity index (χ3n) is 5.11. The quantitative estimate of drug-likeness (QED) is 0.639. The Kier molecular flexibility index (Phi) is 6.31. The Balaban J connectivity index is 1.48. The number of H-pyrrole nitrogens is 1. The summed E-state index contributed by atoms with van der Waals surface area (Å²) in [6.07, 6.45) is 1.53. The molecule has 0 aliphatic carbocycles. The predicted molar refractivity (Wildman–Crippen MR) is 117 cm³/mol.